The molecule has 0 radical (unpaired) electrons. The maximum atomic E-state index is 12.0. The van der Waals surface area contributed by atoms with E-state index in [2.05, 4.69) is 17.4 Å². The predicted molar refractivity (Wildman–Crippen MR) is 94.4 cm³/mol. The Labute approximate surface area is 148 Å². The summed E-state index contributed by atoms with van der Waals surface area (Å²) < 4.78 is 0. The van der Waals surface area contributed by atoms with Crippen molar-refractivity contribution in [3.8, 4) is 0 Å². The van der Waals surface area contributed by atoms with Crippen molar-refractivity contribution in [1.29, 1.82) is 0 Å². The van der Waals surface area contributed by atoms with Gasteiger partial charge in [0, 0.05) is 24.4 Å². The summed E-state index contributed by atoms with van der Waals surface area (Å²) in [7, 11) is 0. The molecule has 0 bridgehead atoms. The van der Waals surface area contributed by atoms with Crippen LogP contribution in [0.4, 0.5) is 4.79 Å². The second kappa shape index (κ2) is 7.52. The van der Waals surface area contributed by atoms with Gasteiger partial charge in [0.15, 0.2) is 0 Å². The summed E-state index contributed by atoms with van der Waals surface area (Å²) in [5.74, 6) is -0.0555. The van der Waals surface area contributed by atoms with E-state index in [0.717, 1.165) is 31.4 Å². The number of amides is 2. The molecule has 2 N–H and O–H groups in total. The molecule has 0 aromatic carbocycles. The van der Waals surface area contributed by atoms with E-state index in [4.69, 9.17) is 4.98 Å². The molecule has 0 unspecified atom stereocenters. The number of fused-ring (bicyclic) bond motifs is 1. The number of urea groups is 1. The molecule has 0 spiro atoms. The molecule has 6 heteroatoms. The number of nitrogens with one attached hydrogen (secondary N) is 1. The van der Waals surface area contributed by atoms with Crippen molar-refractivity contribution >= 4 is 11.8 Å². The molecule has 2 aliphatic rings. The molecule has 25 heavy (non-hydrogen) atoms. The standard InChI is InChI=1S/C19H27N3O3/c1-14(23)11-19(25)12-22(13-19)18(24)20-10-4-6-16-9-8-15-5-2-3-7-17(15)21-16/h8-9,25H,2-7,10-13H2,1H3,(H,20,24). The first-order chi connectivity index (χ1) is 12.0. The highest BCUT2D eigenvalue weighted by molar-refractivity contribution is 5.79. The fraction of sp³-hybridized carbons (Fsp3) is 0.632. The molecule has 136 valence electrons. The number of carbonyl (C=O) groups excluding carboxylic acids is 2. The molecule has 6 nitrogen and oxygen atoms in total. The number of hydrogen-bond donors (Lipinski definition) is 2. The minimum Gasteiger partial charge on any atom is -0.386 e. The molecule has 1 aliphatic heterocycles. The highest BCUT2D eigenvalue weighted by Crippen LogP contribution is 2.24. The fourth-order valence-corrected chi connectivity index (χ4v) is 3.73. The topological polar surface area (TPSA) is 82.5 Å². The number of hydrogen-bond acceptors (Lipinski definition) is 4. The molecule has 1 aromatic heterocycles. The number of pyridine rings is 1. The Hall–Kier alpha value is -1.95. The molecule has 1 aliphatic carbocycles. The SMILES string of the molecule is CC(=O)CC1(O)CN(C(=O)NCCCc2ccc3c(n2)CCCC3)C1. The Morgan fingerprint density at radius 3 is 2.80 bits per heavy atom. The van der Waals surface area contributed by atoms with Gasteiger partial charge in [-0.15, -0.1) is 0 Å². The zero-order valence-electron chi connectivity index (χ0n) is 14.9. The van der Waals surface area contributed by atoms with E-state index in [1.165, 1.54) is 31.0 Å². The zero-order valence-corrected chi connectivity index (χ0v) is 14.9. The third kappa shape index (κ3) is 4.57. The molecule has 0 atom stereocenters. The van der Waals surface area contributed by atoms with Crippen molar-refractivity contribution in [1.82, 2.24) is 15.2 Å². The third-order valence-corrected chi connectivity index (χ3v) is 4.96. The van der Waals surface area contributed by atoms with E-state index >= 15 is 0 Å². The Balaban J connectivity index is 1.36. The average molecular weight is 345 g/mol. The average Bonchev–Trinajstić information content (AvgIpc) is 2.55. The van der Waals surface area contributed by atoms with E-state index in [-0.39, 0.29) is 31.3 Å². The van der Waals surface area contributed by atoms with Crippen molar-refractivity contribution < 1.29 is 14.7 Å². The van der Waals surface area contributed by atoms with Crippen molar-refractivity contribution in [3.63, 3.8) is 0 Å². The number of aryl methyl sites for hydroxylation is 3. The number of likely N-dealkylation sites (tertiary alicyclic amines) is 1. The van der Waals surface area contributed by atoms with Crippen molar-refractivity contribution in [2.24, 2.45) is 0 Å². The van der Waals surface area contributed by atoms with Gasteiger partial charge in [0.05, 0.1) is 13.1 Å². The largest absolute Gasteiger partial charge is 0.386 e. The van der Waals surface area contributed by atoms with Crippen LogP contribution in [0, 0.1) is 0 Å². The summed E-state index contributed by atoms with van der Waals surface area (Å²) >= 11 is 0. The van der Waals surface area contributed by atoms with Gasteiger partial charge in [-0.25, -0.2) is 4.79 Å². The van der Waals surface area contributed by atoms with E-state index < -0.39 is 5.60 Å². The van der Waals surface area contributed by atoms with Crippen LogP contribution in [0.5, 0.6) is 0 Å². The van der Waals surface area contributed by atoms with Gasteiger partial charge in [-0.1, -0.05) is 6.07 Å². The Morgan fingerprint density at radius 1 is 1.28 bits per heavy atom. The van der Waals surface area contributed by atoms with Crippen LogP contribution in [-0.4, -0.2) is 52.0 Å². The van der Waals surface area contributed by atoms with Gasteiger partial charge in [0.1, 0.15) is 11.4 Å². The normalized spacial score (nSPS) is 18.2. The first kappa shape index (κ1) is 17.9. The summed E-state index contributed by atoms with van der Waals surface area (Å²) in [6.45, 7) is 2.49. The number of aromatic nitrogens is 1. The first-order valence-electron chi connectivity index (χ1n) is 9.17. The number of Topliss-reactive ketones (excluding diaryl/α,β-unsaturated/α-hetero) is 1. The van der Waals surface area contributed by atoms with E-state index in [9.17, 15) is 14.7 Å². The van der Waals surface area contributed by atoms with Crippen LogP contribution >= 0.6 is 0 Å². The maximum Gasteiger partial charge on any atom is 0.317 e. The number of aliphatic hydroxyl groups is 1. The molecule has 1 aromatic rings. The highest BCUT2D eigenvalue weighted by Gasteiger charge is 2.44. The first-order valence-corrected chi connectivity index (χ1v) is 9.17. The van der Waals surface area contributed by atoms with Gasteiger partial charge in [0.2, 0.25) is 0 Å². The number of carbonyl (C=O) groups is 2. The molecule has 0 saturated carbocycles. The van der Waals surface area contributed by atoms with Gasteiger partial charge in [-0.2, -0.15) is 0 Å². The monoisotopic (exact) mass is 345 g/mol. The van der Waals surface area contributed by atoms with E-state index in [0.29, 0.717) is 6.54 Å². The molecule has 3 rings (SSSR count). The lowest BCUT2D eigenvalue weighted by molar-refractivity contribution is -0.130. The second-order valence-electron chi connectivity index (χ2n) is 7.41. The van der Waals surface area contributed by atoms with Crippen LogP contribution in [0.2, 0.25) is 0 Å². The number of ketones is 1. The molecular formula is C19H27N3O3. The minimum absolute atomic E-state index is 0.0555. The molecular weight excluding hydrogens is 318 g/mol. The lowest BCUT2D eigenvalue weighted by Gasteiger charge is -2.45. The van der Waals surface area contributed by atoms with Gasteiger partial charge < -0.3 is 15.3 Å². The molecule has 1 fully saturated rings. The quantitative estimate of drug-likeness (QED) is 0.768. The Morgan fingerprint density at radius 2 is 2.04 bits per heavy atom. The highest BCUT2D eigenvalue weighted by atomic mass is 16.3. The number of nitrogens with zero attached hydrogens (tertiary/aromatic N) is 2. The van der Waals surface area contributed by atoms with Crippen LogP contribution in [0.15, 0.2) is 12.1 Å². The van der Waals surface area contributed by atoms with Crippen LogP contribution in [0.3, 0.4) is 0 Å². The number of β-amino-alcohol motifs (C(OH)–C–C–N with tert-alkyl or cyclic N) is 1. The van der Waals surface area contributed by atoms with E-state index in [1.807, 2.05) is 0 Å². The molecule has 1 saturated heterocycles. The van der Waals surface area contributed by atoms with Crippen molar-refractivity contribution in [2.45, 2.75) is 57.5 Å². The minimum atomic E-state index is -1.03. The van der Waals surface area contributed by atoms with Crippen LogP contribution in [-0.2, 0) is 24.1 Å². The number of rotatable bonds is 6. The predicted octanol–water partition coefficient (Wildman–Crippen LogP) is 1.63. The van der Waals surface area contributed by atoms with E-state index in [1.54, 1.807) is 4.90 Å². The lowest BCUT2D eigenvalue weighted by atomic mass is 9.89. The summed E-state index contributed by atoms with van der Waals surface area (Å²) in [6.07, 6.45) is 6.51. The second-order valence-corrected chi connectivity index (χ2v) is 7.41. The molecule has 2 amide bonds. The van der Waals surface area contributed by atoms with Crippen molar-refractivity contribution in [3.05, 3.63) is 29.1 Å². The van der Waals surface area contributed by atoms with Crippen LogP contribution in [0.1, 0.15) is 49.6 Å². The summed E-state index contributed by atoms with van der Waals surface area (Å²) in [4.78, 5) is 29.4. The van der Waals surface area contributed by atoms with Crippen molar-refractivity contribution in [2.75, 3.05) is 19.6 Å². The Bertz CT molecular complexity index is 653. The summed E-state index contributed by atoms with van der Waals surface area (Å²) in [6, 6.07) is 4.13. The lowest BCUT2D eigenvalue weighted by Crippen LogP contribution is -2.65. The van der Waals surface area contributed by atoms with Gasteiger partial charge >= 0.3 is 6.03 Å². The van der Waals surface area contributed by atoms with Crippen LogP contribution in [0.25, 0.3) is 0 Å². The summed E-state index contributed by atoms with van der Waals surface area (Å²) in [5, 5.41) is 12.9. The fourth-order valence-electron chi connectivity index (χ4n) is 3.73. The summed E-state index contributed by atoms with van der Waals surface area (Å²) in [5.41, 5.74) is 2.70. The zero-order chi connectivity index (χ0) is 17.9. The van der Waals surface area contributed by atoms with Gasteiger partial charge in [0.25, 0.3) is 0 Å². The van der Waals surface area contributed by atoms with Crippen LogP contribution < -0.4 is 5.32 Å². The smallest absolute Gasteiger partial charge is 0.317 e. The maximum absolute atomic E-state index is 12.0. The van der Waals surface area contributed by atoms with Gasteiger partial charge in [-0.05, 0) is 57.1 Å². The third-order valence-electron chi connectivity index (χ3n) is 4.96. The Kier molecular flexibility index (Phi) is 5.37. The van der Waals surface area contributed by atoms with Gasteiger partial charge in [-0.3, -0.25) is 9.78 Å². The molecule has 2 heterocycles.